The van der Waals surface area contributed by atoms with Gasteiger partial charge in [0.05, 0.1) is 11.3 Å². The van der Waals surface area contributed by atoms with Crippen LogP contribution in [0.25, 0.3) is 0 Å². The number of hydrogen-bond acceptors (Lipinski definition) is 5. The summed E-state index contributed by atoms with van der Waals surface area (Å²) in [6.07, 6.45) is 4.83. The van der Waals surface area contributed by atoms with Gasteiger partial charge in [0.2, 0.25) is 0 Å². The molecule has 0 bridgehead atoms. The summed E-state index contributed by atoms with van der Waals surface area (Å²) in [6, 6.07) is 15.0. The largest absolute Gasteiger partial charge is 0.445 e. The summed E-state index contributed by atoms with van der Waals surface area (Å²) in [7, 11) is 0. The van der Waals surface area contributed by atoms with E-state index in [1.807, 2.05) is 23.1 Å². The molecule has 8 heteroatoms. The van der Waals surface area contributed by atoms with E-state index < -0.39 is 6.09 Å². The van der Waals surface area contributed by atoms with Gasteiger partial charge in [-0.2, -0.15) is 0 Å². The molecule has 0 unspecified atom stereocenters. The normalized spacial score (nSPS) is 12.9. The summed E-state index contributed by atoms with van der Waals surface area (Å²) in [5.74, 6) is -0.647. The van der Waals surface area contributed by atoms with E-state index in [4.69, 9.17) is 4.74 Å². The third-order valence-corrected chi connectivity index (χ3v) is 5.39. The fraction of sp³-hybridized carbons (Fsp3) is 0.240. The van der Waals surface area contributed by atoms with Crippen LogP contribution in [0.15, 0.2) is 67.0 Å². The number of benzene rings is 2. The summed E-state index contributed by atoms with van der Waals surface area (Å²) < 4.78 is 19.0. The Kier molecular flexibility index (Phi) is 7.14. The minimum absolute atomic E-state index is 0.146. The Bertz CT molecular complexity index is 1100. The van der Waals surface area contributed by atoms with E-state index in [0.717, 1.165) is 37.1 Å². The Morgan fingerprint density at radius 1 is 1.03 bits per heavy atom. The van der Waals surface area contributed by atoms with Gasteiger partial charge in [-0.05, 0) is 54.8 Å². The molecule has 0 spiro atoms. The molecule has 2 heterocycles. The van der Waals surface area contributed by atoms with Crippen LogP contribution in [0.2, 0.25) is 0 Å². The Balaban J connectivity index is 1.30. The highest BCUT2D eigenvalue weighted by Crippen LogP contribution is 2.26. The minimum Gasteiger partial charge on any atom is -0.445 e. The highest BCUT2D eigenvalue weighted by Gasteiger charge is 2.20. The van der Waals surface area contributed by atoms with Gasteiger partial charge in [-0.3, -0.25) is 9.78 Å². The first kappa shape index (κ1) is 22.3. The number of hydrogen-bond donors (Lipinski definition) is 2. The first-order valence-electron chi connectivity index (χ1n) is 10.8. The number of pyridine rings is 1. The number of nitrogens with zero attached hydrogens (tertiary/aromatic N) is 2. The zero-order chi connectivity index (χ0) is 23.0. The van der Waals surface area contributed by atoms with Crippen LogP contribution >= 0.6 is 0 Å². The fourth-order valence-electron chi connectivity index (χ4n) is 3.68. The summed E-state index contributed by atoms with van der Waals surface area (Å²) in [5, 5.41) is 5.56. The molecule has 1 aliphatic heterocycles. The average Bonchev–Trinajstić information content (AvgIpc) is 3.38. The Labute approximate surface area is 191 Å². The van der Waals surface area contributed by atoms with E-state index in [0.29, 0.717) is 16.9 Å². The van der Waals surface area contributed by atoms with Gasteiger partial charge in [0, 0.05) is 43.3 Å². The van der Waals surface area contributed by atoms with Crippen LogP contribution in [0.4, 0.5) is 20.6 Å². The number of anilines is 2. The van der Waals surface area contributed by atoms with Gasteiger partial charge in [0.1, 0.15) is 12.4 Å². The Hall–Kier alpha value is -3.94. The van der Waals surface area contributed by atoms with Crippen molar-refractivity contribution in [2.45, 2.75) is 26.0 Å². The monoisotopic (exact) mass is 448 g/mol. The standard InChI is InChI=1S/C25H25FN4O3/c26-20-7-10-22(23(14-20)30-12-1-2-13-30)24(31)29-21-8-5-18(6-9-21)16-28-25(32)33-17-19-4-3-11-27-15-19/h3-11,14-15H,1-2,12-13,16-17H2,(H,28,32)(H,29,31). The molecular weight excluding hydrogens is 423 g/mol. The smallest absolute Gasteiger partial charge is 0.407 e. The fourth-order valence-corrected chi connectivity index (χ4v) is 3.68. The molecule has 7 nitrogen and oxygen atoms in total. The van der Waals surface area contributed by atoms with E-state index in [1.165, 1.54) is 18.2 Å². The van der Waals surface area contributed by atoms with Crippen LogP contribution < -0.4 is 15.5 Å². The van der Waals surface area contributed by atoms with Gasteiger partial charge in [0.25, 0.3) is 5.91 Å². The number of nitrogens with one attached hydrogen (secondary N) is 2. The quantitative estimate of drug-likeness (QED) is 0.556. The highest BCUT2D eigenvalue weighted by atomic mass is 19.1. The molecule has 1 saturated heterocycles. The molecule has 0 radical (unpaired) electrons. The van der Waals surface area contributed by atoms with Gasteiger partial charge in [-0.25, -0.2) is 9.18 Å². The second-order valence-electron chi connectivity index (χ2n) is 7.80. The van der Waals surface area contributed by atoms with Crippen molar-refractivity contribution in [3.63, 3.8) is 0 Å². The first-order valence-corrected chi connectivity index (χ1v) is 10.8. The van der Waals surface area contributed by atoms with E-state index in [1.54, 1.807) is 30.6 Å². The number of rotatable bonds is 7. The summed E-state index contributed by atoms with van der Waals surface area (Å²) in [4.78, 5) is 30.7. The second kappa shape index (κ2) is 10.6. The predicted molar refractivity (Wildman–Crippen MR) is 124 cm³/mol. The van der Waals surface area contributed by atoms with Crippen LogP contribution in [0.5, 0.6) is 0 Å². The molecule has 0 saturated carbocycles. The maximum atomic E-state index is 13.8. The lowest BCUT2D eigenvalue weighted by Crippen LogP contribution is -2.24. The molecule has 1 aromatic heterocycles. The highest BCUT2D eigenvalue weighted by molar-refractivity contribution is 6.08. The topological polar surface area (TPSA) is 83.6 Å². The van der Waals surface area contributed by atoms with Crippen molar-refractivity contribution in [1.82, 2.24) is 10.3 Å². The summed E-state index contributed by atoms with van der Waals surface area (Å²) in [6.45, 7) is 2.07. The van der Waals surface area contributed by atoms with Gasteiger partial charge >= 0.3 is 6.09 Å². The lowest BCUT2D eigenvalue weighted by molar-refractivity contribution is 0.102. The molecule has 1 fully saturated rings. The Morgan fingerprint density at radius 2 is 1.82 bits per heavy atom. The second-order valence-corrected chi connectivity index (χ2v) is 7.80. The van der Waals surface area contributed by atoms with Crippen LogP contribution in [0, 0.1) is 5.82 Å². The maximum Gasteiger partial charge on any atom is 0.407 e. The molecule has 1 aliphatic rings. The molecule has 0 aliphatic carbocycles. The molecule has 2 amide bonds. The number of alkyl carbamates (subject to hydrolysis) is 1. The van der Waals surface area contributed by atoms with E-state index in [9.17, 15) is 14.0 Å². The van der Waals surface area contributed by atoms with Crippen molar-refractivity contribution in [3.05, 3.63) is 89.5 Å². The lowest BCUT2D eigenvalue weighted by Gasteiger charge is -2.21. The van der Waals surface area contributed by atoms with Gasteiger partial charge in [-0.15, -0.1) is 0 Å². The summed E-state index contributed by atoms with van der Waals surface area (Å²) in [5.41, 5.74) is 3.34. The molecule has 4 rings (SSSR count). The zero-order valence-corrected chi connectivity index (χ0v) is 18.1. The number of aromatic nitrogens is 1. The molecule has 2 N–H and O–H groups in total. The molecule has 33 heavy (non-hydrogen) atoms. The number of ether oxygens (including phenoxy) is 1. The van der Waals surface area contributed by atoms with Crippen molar-refractivity contribution in [3.8, 4) is 0 Å². The van der Waals surface area contributed by atoms with E-state index in [2.05, 4.69) is 15.6 Å². The zero-order valence-electron chi connectivity index (χ0n) is 18.1. The van der Waals surface area contributed by atoms with E-state index >= 15 is 0 Å². The molecule has 2 aromatic carbocycles. The number of halogens is 1. The van der Waals surface area contributed by atoms with Gasteiger partial charge in [-0.1, -0.05) is 18.2 Å². The molecule has 170 valence electrons. The van der Waals surface area contributed by atoms with Crippen molar-refractivity contribution in [1.29, 1.82) is 0 Å². The SMILES string of the molecule is O=C(NCc1ccc(NC(=O)c2ccc(F)cc2N2CCCC2)cc1)OCc1cccnc1. The first-order chi connectivity index (χ1) is 16.1. The minimum atomic E-state index is -0.526. The van der Waals surface area contributed by atoms with E-state index in [-0.39, 0.29) is 24.9 Å². The lowest BCUT2D eigenvalue weighted by atomic mass is 10.1. The maximum absolute atomic E-state index is 13.8. The Morgan fingerprint density at radius 3 is 2.55 bits per heavy atom. The van der Waals surface area contributed by atoms with Crippen molar-refractivity contribution in [2.24, 2.45) is 0 Å². The molecule has 0 atom stereocenters. The van der Waals surface area contributed by atoms with Gasteiger partial charge in [0.15, 0.2) is 0 Å². The van der Waals surface area contributed by atoms with Crippen LogP contribution in [0.1, 0.15) is 34.3 Å². The van der Waals surface area contributed by atoms with Crippen molar-refractivity contribution >= 4 is 23.4 Å². The van der Waals surface area contributed by atoms with Crippen LogP contribution in [-0.4, -0.2) is 30.1 Å². The van der Waals surface area contributed by atoms with Crippen molar-refractivity contribution in [2.75, 3.05) is 23.3 Å². The average molecular weight is 448 g/mol. The number of amides is 2. The predicted octanol–water partition coefficient (Wildman–Crippen LogP) is 4.50. The molecule has 3 aromatic rings. The van der Waals surface area contributed by atoms with Crippen LogP contribution in [0.3, 0.4) is 0 Å². The van der Waals surface area contributed by atoms with Gasteiger partial charge < -0.3 is 20.3 Å². The number of carbonyl (C=O) groups excluding carboxylic acids is 2. The van der Waals surface area contributed by atoms with Crippen molar-refractivity contribution < 1.29 is 18.7 Å². The summed E-state index contributed by atoms with van der Waals surface area (Å²) >= 11 is 0. The number of carbonyl (C=O) groups is 2. The third-order valence-electron chi connectivity index (χ3n) is 5.39. The van der Waals surface area contributed by atoms with Crippen LogP contribution in [-0.2, 0) is 17.9 Å². The molecular formula is C25H25FN4O3. The third kappa shape index (κ3) is 6.06.